The van der Waals surface area contributed by atoms with Crippen molar-refractivity contribution in [3.05, 3.63) is 24.3 Å². The number of amides is 4. The van der Waals surface area contributed by atoms with E-state index < -0.39 is 36.2 Å². The minimum Gasteiger partial charge on any atom is -0.406 e. The van der Waals surface area contributed by atoms with Gasteiger partial charge in [0.05, 0.1) is 6.10 Å². The molecule has 0 bridgehead atoms. The number of halogens is 3. The highest BCUT2D eigenvalue weighted by molar-refractivity contribution is 5.93. The molecule has 12 heteroatoms. The molecule has 1 saturated carbocycles. The Morgan fingerprint density at radius 1 is 1.26 bits per heavy atom. The summed E-state index contributed by atoms with van der Waals surface area (Å²) < 4.78 is 40.7. The summed E-state index contributed by atoms with van der Waals surface area (Å²) >= 11 is 0. The lowest BCUT2D eigenvalue weighted by Crippen LogP contribution is -2.48. The third kappa shape index (κ3) is 7.24. The number of urea groups is 1. The highest BCUT2D eigenvalue weighted by Crippen LogP contribution is 2.53. The minimum absolute atomic E-state index is 0.0276. The molecular weight excluding hydrogens is 457 g/mol. The van der Waals surface area contributed by atoms with Gasteiger partial charge in [0.15, 0.2) is 0 Å². The van der Waals surface area contributed by atoms with Crippen molar-refractivity contribution in [3.8, 4) is 5.75 Å². The number of aliphatic hydroxyl groups is 1. The number of β-amino-alcohol motifs (C(OH)–C–C–N with tert-alkyl or cyclic N) is 1. The Hall–Kier alpha value is -3.02. The fraction of sp³-hybridized carbons (Fsp3) is 0.591. The standard InChI is InChI=1S/C22H29F3N4O5/c1-14(27-20(33)28-15-4-2-5-16(12-15)34-22(23,24)25)19(32)26-10-3-6-18(31)29-11-9-21(7-8-21)17(30)13-29/h2,4-5,12,14,17,30H,3,6-11,13H2,1H3,(H,26,32)(H2,27,28,33)/t14-,17+/m0/s1. The van der Waals surface area contributed by atoms with Crippen molar-refractivity contribution in [3.63, 3.8) is 0 Å². The number of hydrogen-bond donors (Lipinski definition) is 4. The lowest BCUT2D eigenvalue weighted by Gasteiger charge is -2.36. The molecule has 2 fully saturated rings. The van der Waals surface area contributed by atoms with Crippen LogP contribution in [0, 0.1) is 5.41 Å². The second-order valence-corrected chi connectivity index (χ2v) is 8.76. The molecule has 1 aromatic rings. The molecule has 1 aliphatic carbocycles. The monoisotopic (exact) mass is 486 g/mol. The van der Waals surface area contributed by atoms with Crippen LogP contribution in [-0.2, 0) is 9.59 Å². The van der Waals surface area contributed by atoms with Crippen molar-refractivity contribution >= 4 is 23.5 Å². The molecule has 0 aromatic heterocycles. The van der Waals surface area contributed by atoms with Crippen LogP contribution in [0.1, 0.15) is 39.0 Å². The number of alkyl halides is 3. The van der Waals surface area contributed by atoms with Gasteiger partial charge in [0.25, 0.3) is 0 Å². The molecule has 2 atom stereocenters. The summed E-state index contributed by atoms with van der Waals surface area (Å²) in [6.07, 6.45) is -1.82. The van der Waals surface area contributed by atoms with E-state index in [0.717, 1.165) is 31.4 Å². The number of carbonyl (C=O) groups is 3. The number of nitrogens with one attached hydrogen (secondary N) is 3. The van der Waals surface area contributed by atoms with Gasteiger partial charge in [-0.05, 0) is 50.2 Å². The van der Waals surface area contributed by atoms with Crippen LogP contribution >= 0.6 is 0 Å². The van der Waals surface area contributed by atoms with Crippen molar-refractivity contribution in [1.29, 1.82) is 0 Å². The molecule has 1 aromatic carbocycles. The van der Waals surface area contributed by atoms with E-state index in [1.165, 1.54) is 19.1 Å². The van der Waals surface area contributed by atoms with Crippen LogP contribution in [0.25, 0.3) is 0 Å². The molecule has 3 rings (SSSR count). The van der Waals surface area contributed by atoms with Gasteiger partial charge in [-0.2, -0.15) is 0 Å². The Kier molecular flexibility index (Phi) is 7.90. The van der Waals surface area contributed by atoms with Gasteiger partial charge in [0.2, 0.25) is 11.8 Å². The number of aliphatic hydroxyl groups excluding tert-OH is 1. The van der Waals surface area contributed by atoms with Gasteiger partial charge in [-0.15, -0.1) is 13.2 Å². The zero-order chi connectivity index (χ0) is 24.9. The van der Waals surface area contributed by atoms with Gasteiger partial charge < -0.3 is 30.7 Å². The maximum Gasteiger partial charge on any atom is 0.573 e. The summed E-state index contributed by atoms with van der Waals surface area (Å²) in [5.74, 6) is -1.02. The van der Waals surface area contributed by atoms with E-state index in [1.54, 1.807) is 4.90 Å². The van der Waals surface area contributed by atoms with E-state index in [0.29, 0.717) is 19.5 Å². The van der Waals surface area contributed by atoms with E-state index in [9.17, 15) is 32.7 Å². The Balaban J connectivity index is 1.33. The van der Waals surface area contributed by atoms with Crippen LogP contribution in [0.3, 0.4) is 0 Å². The third-order valence-electron chi connectivity index (χ3n) is 6.16. The number of likely N-dealkylation sites (tertiary alicyclic amines) is 1. The molecule has 1 saturated heterocycles. The first-order valence-electron chi connectivity index (χ1n) is 11.1. The zero-order valence-corrected chi connectivity index (χ0v) is 18.8. The number of hydrogen-bond acceptors (Lipinski definition) is 5. The predicted octanol–water partition coefficient (Wildman–Crippen LogP) is 2.37. The number of rotatable bonds is 8. The Morgan fingerprint density at radius 2 is 2.00 bits per heavy atom. The summed E-state index contributed by atoms with van der Waals surface area (Å²) in [5.41, 5.74) is 0.0839. The van der Waals surface area contributed by atoms with E-state index in [-0.39, 0.29) is 30.0 Å². The van der Waals surface area contributed by atoms with Gasteiger partial charge in [-0.25, -0.2) is 4.79 Å². The second-order valence-electron chi connectivity index (χ2n) is 8.76. The smallest absolute Gasteiger partial charge is 0.406 e. The quantitative estimate of drug-likeness (QED) is 0.421. The number of carbonyl (C=O) groups excluding carboxylic acids is 3. The SMILES string of the molecule is C[C@H](NC(=O)Nc1cccc(OC(F)(F)F)c1)C(=O)NCCCC(=O)N1CCC2(CC2)[C@H](O)C1. The van der Waals surface area contributed by atoms with E-state index in [1.807, 2.05) is 0 Å². The van der Waals surface area contributed by atoms with Crippen LogP contribution in [0.2, 0.25) is 0 Å². The van der Waals surface area contributed by atoms with Crippen LogP contribution in [0.5, 0.6) is 5.75 Å². The number of ether oxygens (including phenoxy) is 1. The summed E-state index contributed by atoms with van der Waals surface area (Å²) in [7, 11) is 0. The van der Waals surface area contributed by atoms with Gasteiger partial charge >= 0.3 is 12.4 Å². The fourth-order valence-electron chi connectivity index (χ4n) is 3.95. The first-order valence-corrected chi connectivity index (χ1v) is 11.1. The Morgan fingerprint density at radius 3 is 2.65 bits per heavy atom. The van der Waals surface area contributed by atoms with Crippen molar-refractivity contribution < 1.29 is 37.4 Å². The molecule has 34 heavy (non-hydrogen) atoms. The lowest BCUT2D eigenvalue weighted by molar-refractivity contribution is -0.274. The van der Waals surface area contributed by atoms with Crippen molar-refractivity contribution in [2.45, 2.75) is 57.5 Å². The maximum atomic E-state index is 12.3. The van der Waals surface area contributed by atoms with Crippen molar-refractivity contribution in [2.24, 2.45) is 5.41 Å². The predicted molar refractivity (Wildman–Crippen MR) is 116 cm³/mol. The average Bonchev–Trinajstić information content (AvgIpc) is 3.52. The molecule has 4 N–H and O–H groups in total. The molecule has 0 unspecified atom stereocenters. The highest BCUT2D eigenvalue weighted by Gasteiger charge is 2.51. The summed E-state index contributed by atoms with van der Waals surface area (Å²) in [5, 5.41) is 17.6. The summed E-state index contributed by atoms with van der Waals surface area (Å²) in [6.45, 7) is 2.68. The second kappa shape index (κ2) is 10.5. The van der Waals surface area contributed by atoms with Crippen LogP contribution in [0.15, 0.2) is 24.3 Å². The molecular formula is C22H29F3N4O5. The topological polar surface area (TPSA) is 120 Å². The number of piperidine rings is 1. The summed E-state index contributed by atoms with van der Waals surface area (Å²) in [6, 6.07) is 3.05. The minimum atomic E-state index is -4.85. The van der Waals surface area contributed by atoms with Crippen molar-refractivity contribution in [1.82, 2.24) is 15.5 Å². The first-order chi connectivity index (χ1) is 16.0. The first kappa shape index (κ1) is 25.6. The Labute approximate surface area is 195 Å². The van der Waals surface area contributed by atoms with Crippen LogP contribution in [-0.4, -0.2) is 66.0 Å². The normalized spacial score (nSPS) is 19.8. The van der Waals surface area contributed by atoms with Crippen LogP contribution < -0.4 is 20.7 Å². The number of nitrogens with zero attached hydrogens (tertiary/aromatic N) is 1. The fourth-order valence-corrected chi connectivity index (χ4v) is 3.95. The molecule has 0 radical (unpaired) electrons. The Bertz CT molecular complexity index is 907. The van der Waals surface area contributed by atoms with E-state index in [4.69, 9.17) is 0 Å². The molecule has 1 aliphatic heterocycles. The van der Waals surface area contributed by atoms with Gasteiger partial charge in [-0.3, -0.25) is 9.59 Å². The van der Waals surface area contributed by atoms with Gasteiger partial charge in [0.1, 0.15) is 11.8 Å². The number of benzene rings is 1. The third-order valence-corrected chi connectivity index (χ3v) is 6.16. The van der Waals surface area contributed by atoms with E-state index >= 15 is 0 Å². The summed E-state index contributed by atoms with van der Waals surface area (Å²) in [4.78, 5) is 38.2. The molecule has 1 spiro atoms. The van der Waals surface area contributed by atoms with Gasteiger partial charge in [-0.1, -0.05) is 6.07 Å². The highest BCUT2D eigenvalue weighted by atomic mass is 19.4. The van der Waals surface area contributed by atoms with Gasteiger partial charge in [0, 0.05) is 37.8 Å². The molecule has 1 heterocycles. The average molecular weight is 486 g/mol. The lowest BCUT2D eigenvalue weighted by atomic mass is 9.90. The number of anilines is 1. The van der Waals surface area contributed by atoms with Crippen LogP contribution in [0.4, 0.5) is 23.7 Å². The molecule has 4 amide bonds. The molecule has 2 aliphatic rings. The maximum absolute atomic E-state index is 12.3. The van der Waals surface area contributed by atoms with E-state index in [2.05, 4.69) is 20.7 Å². The molecule has 9 nitrogen and oxygen atoms in total. The molecule has 188 valence electrons. The zero-order valence-electron chi connectivity index (χ0n) is 18.8. The largest absolute Gasteiger partial charge is 0.573 e. The van der Waals surface area contributed by atoms with Crippen molar-refractivity contribution in [2.75, 3.05) is 25.0 Å².